The highest BCUT2D eigenvalue weighted by molar-refractivity contribution is 5.28. The van der Waals surface area contributed by atoms with Crippen molar-refractivity contribution in [2.24, 2.45) is 0 Å². The normalized spacial score (nSPS) is 17.6. The number of rotatable bonds is 1. The van der Waals surface area contributed by atoms with Crippen molar-refractivity contribution < 1.29 is 4.74 Å². The Labute approximate surface area is 67.5 Å². The van der Waals surface area contributed by atoms with Crippen molar-refractivity contribution >= 4 is 0 Å². The van der Waals surface area contributed by atoms with E-state index in [0.29, 0.717) is 0 Å². The van der Waals surface area contributed by atoms with E-state index in [1.165, 1.54) is 5.57 Å². The monoisotopic (exact) mass is 151 g/mol. The fourth-order valence-corrected chi connectivity index (χ4v) is 1.33. The molecule has 0 saturated carbocycles. The summed E-state index contributed by atoms with van der Waals surface area (Å²) < 4.78 is 5.20. The topological polar surface area (TPSA) is 33.0 Å². The van der Waals surface area contributed by atoms with Crippen LogP contribution < -0.4 is 0 Å². The predicted molar refractivity (Wildman–Crippen MR) is 43.0 cm³/mol. The summed E-state index contributed by atoms with van der Waals surface area (Å²) in [5, 5.41) is 8.73. The Morgan fingerprint density at radius 2 is 2.18 bits per heavy atom. The smallest absolute Gasteiger partial charge is 0.0946 e. The molecule has 0 aliphatic carbocycles. The molecule has 0 aromatic carbocycles. The lowest BCUT2D eigenvalue weighted by molar-refractivity contribution is 0.118. The van der Waals surface area contributed by atoms with Gasteiger partial charge < -0.3 is 4.74 Å². The van der Waals surface area contributed by atoms with Gasteiger partial charge in [0, 0.05) is 5.57 Å². The molecule has 2 nitrogen and oxygen atoms in total. The van der Waals surface area contributed by atoms with Gasteiger partial charge in [-0.3, -0.25) is 0 Å². The lowest BCUT2D eigenvalue weighted by atomic mass is 10.0. The number of hydrogen-bond acceptors (Lipinski definition) is 2. The van der Waals surface area contributed by atoms with Crippen LogP contribution in [0.1, 0.15) is 26.2 Å². The largest absolute Gasteiger partial charge is 0.381 e. The van der Waals surface area contributed by atoms with Gasteiger partial charge in [0.1, 0.15) is 0 Å². The molecule has 0 amide bonds. The van der Waals surface area contributed by atoms with Crippen LogP contribution in [0.4, 0.5) is 0 Å². The first-order valence-electron chi connectivity index (χ1n) is 4.07. The Morgan fingerprint density at radius 3 is 2.64 bits per heavy atom. The van der Waals surface area contributed by atoms with Crippen molar-refractivity contribution in [3.8, 4) is 6.07 Å². The summed E-state index contributed by atoms with van der Waals surface area (Å²) in [6.07, 6.45) is 2.78. The third-order valence-corrected chi connectivity index (χ3v) is 2.01. The van der Waals surface area contributed by atoms with Crippen LogP contribution in [0.2, 0.25) is 0 Å². The van der Waals surface area contributed by atoms with Gasteiger partial charge in [-0.15, -0.1) is 0 Å². The van der Waals surface area contributed by atoms with Crippen molar-refractivity contribution in [3.63, 3.8) is 0 Å². The standard InChI is InChI=1S/C9H13NO/c1-2-8(7-10)9-3-5-11-6-4-9/h2-6H2,1H3. The molecule has 0 N–H and O–H groups in total. The highest BCUT2D eigenvalue weighted by Crippen LogP contribution is 2.19. The summed E-state index contributed by atoms with van der Waals surface area (Å²) >= 11 is 0. The van der Waals surface area contributed by atoms with Gasteiger partial charge in [-0.1, -0.05) is 12.5 Å². The van der Waals surface area contributed by atoms with Crippen LogP contribution >= 0.6 is 0 Å². The van der Waals surface area contributed by atoms with Gasteiger partial charge in [0.2, 0.25) is 0 Å². The van der Waals surface area contributed by atoms with Crippen LogP contribution in [0.5, 0.6) is 0 Å². The summed E-state index contributed by atoms with van der Waals surface area (Å²) in [6, 6.07) is 2.25. The molecular formula is C9H13NO. The van der Waals surface area contributed by atoms with Crippen LogP contribution in [0.15, 0.2) is 11.1 Å². The van der Waals surface area contributed by atoms with Crippen LogP contribution in [-0.4, -0.2) is 13.2 Å². The lowest BCUT2D eigenvalue weighted by Gasteiger charge is -2.15. The zero-order valence-electron chi connectivity index (χ0n) is 6.89. The number of nitriles is 1. The number of allylic oxidation sites excluding steroid dienone is 1. The van der Waals surface area contributed by atoms with Gasteiger partial charge in [0.05, 0.1) is 19.3 Å². The Morgan fingerprint density at radius 1 is 1.55 bits per heavy atom. The van der Waals surface area contributed by atoms with Crippen molar-refractivity contribution in [1.29, 1.82) is 5.26 Å². The molecular weight excluding hydrogens is 138 g/mol. The van der Waals surface area contributed by atoms with Gasteiger partial charge in [0.15, 0.2) is 0 Å². The second-order valence-corrected chi connectivity index (χ2v) is 2.66. The summed E-state index contributed by atoms with van der Waals surface area (Å²) in [6.45, 7) is 3.61. The summed E-state index contributed by atoms with van der Waals surface area (Å²) in [5.41, 5.74) is 2.27. The van der Waals surface area contributed by atoms with Gasteiger partial charge in [-0.25, -0.2) is 0 Å². The molecule has 1 fully saturated rings. The molecule has 1 rings (SSSR count). The van der Waals surface area contributed by atoms with Crippen LogP contribution in [-0.2, 0) is 4.74 Å². The first kappa shape index (κ1) is 8.29. The van der Waals surface area contributed by atoms with E-state index in [0.717, 1.165) is 38.0 Å². The molecule has 0 unspecified atom stereocenters. The van der Waals surface area contributed by atoms with E-state index < -0.39 is 0 Å². The van der Waals surface area contributed by atoms with E-state index in [9.17, 15) is 0 Å². The van der Waals surface area contributed by atoms with Crippen molar-refractivity contribution in [3.05, 3.63) is 11.1 Å². The van der Waals surface area contributed by atoms with Gasteiger partial charge in [0.25, 0.3) is 0 Å². The van der Waals surface area contributed by atoms with Gasteiger partial charge in [-0.05, 0) is 19.3 Å². The average molecular weight is 151 g/mol. The molecule has 11 heavy (non-hydrogen) atoms. The lowest BCUT2D eigenvalue weighted by Crippen LogP contribution is -2.08. The Kier molecular flexibility index (Phi) is 3.13. The highest BCUT2D eigenvalue weighted by Gasteiger charge is 2.09. The van der Waals surface area contributed by atoms with Crippen LogP contribution in [0, 0.1) is 11.3 Å². The fourth-order valence-electron chi connectivity index (χ4n) is 1.33. The minimum atomic E-state index is 0.792. The minimum absolute atomic E-state index is 0.792. The van der Waals surface area contributed by atoms with E-state index >= 15 is 0 Å². The second-order valence-electron chi connectivity index (χ2n) is 2.66. The maximum absolute atomic E-state index is 8.73. The fraction of sp³-hybridized carbons (Fsp3) is 0.667. The van der Waals surface area contributed by atoms with Crippen molar-refractivity contribution in [2.45, 2.75) is 26.2 Å². The van der Waals surface area contributed by atoms with E-state index in [1.54, 1.807) is 0 Å². The maximum Gasteiger partial charge on any atom is 0.0946 e. The average Bonchev–Trinajstić information content (AvgIpc) is 2.09. The van der Waals surface area contributed by atoms with E-state index in [-0.39, 0.29) is 0 Å². The first-order chi connectivity index (χ1) is 5.38. The SMILES string of the molecule is CCC(C#N)=C1CCOCC1. The molecule has 60 valence electrons. The van der Waals surface area contributed by atoms with E-state index in [2.05, 4.69) is 6.07 Å². The zero-order chi connectivity index (χ0) is 8.10. The summed E-state index contributed by atoms with van der Waals surface area (Å²) in [5.74, 6) is 0. The van der Waals surface area contributed by atoms with E-state index in [1.807, 2.05) is 6.92 Å². The molecule has 0 aromatic heterocycles. The maximum atomic E-state index is 8.73. The third-order valence-electron chi connectivity index (χ3n) is 2.01. The van der Waals surface area contributed by atoms with Crippen LogP contribution in [0.25, 0.3) is 0 Å². The molecule has 2 heteroatoms. The Balaban J connectivity index is 2.67. The molecule has 0 spiro atoms. The molecule has 0 aromatic rings. The molecule has 0 radical (unpaired) electrons. The van der Waals surface area contributed by atoms with Gasteiger partial charge in [-0.2, -0.15) is 5.26 Å². The molecule has 1 saturated heterocycles. The highest BCUT2D eigenvalue weighted by atomic mass is 16.5. The minimum Gasteiger partial charge on any atom is -0.381 e. The predicted octanol–water partition coefficient (Wildman–Crippen LogP) is 2.03. The van der Waals surface area contributed by atoms with Crippen molar-refractivity contribution in [1.82, 2.24) is 0 Å². The summed E-state index contributed by atoms with van der Waals surface area (Å²) in [4.78, 5) is 0. The first-order valence-corrected chi connectivity index (χ1v) is 4.07. The molecule has 1 aliphatic heterocycles. The third kappa shape index (κ3) is 2.06. The Bertz CT molecular complexity index is 192. The molecule has 0 bridgehead atoms. The number of ether oxygens (including phenoxy) is 1. The molecule has 1 heterocycles. The quantitative estimate of drug-likeness (QED) is 0.537. The molecule has 0 atom stereocenters. The second kappa shape index (κ2) is 4.15. The van der Waals surface area contributed by atoms with Crippen LogP contribution in [0.3, 0.4) is 0 Å². The molecule has 1 aliphatic rings. The van der Waals surface area contributed by atoms with Gasteiger partial charge >= 0.3 is 0 Å². The van der Waals surface area contributed by atoms with Crippen molar-refractivity contribution in [2.75, 3.05) is 13.2 Å². The number of hydrogen-bond donors (Lipinski definition) is 0. The Hall–Kier alpha value is -0.810. The summed E-state index contributed by atoms with van der Waals surface area (Å²) in [7, 11) is 0. The van der Waals surface area contributed by atoms with E-state index in [4.69, 9.17) is 10.00 Å². The number of nitrogens with zero attached hydrogens (tertiary/aromatic N) is 1. The zero-order valence-corrected chi connectivity index (χ0v) is 6.89.